The molecule has 9 nitrogen and oxygen atoms in total. The van der Waals surface area contributed by atoms with Crippen LogP contribution in [-0.2, 0) is 14.3 Å². The van der Waals surface area contributed by atoms with Crippen molar-refractivity contribution in [1.29, 1.82) is 0 Å². The first-order valence-corrected chi connectivity index (χ1v) is 12.1. The lowest BCUT2D eigenvalue weighted by atomic mass is 10.00. The maximum atomic E-state index is 13.7. The number of halogens is 1. The zero-order valence-corrected chi connectivity index (χ0v) is 22.2. The Labute approximate surface area is 222 Å². The van der Waals surface area contributed by atoms with Crippen LogP contribution >= 0.6 is 11.6 Å². The van der Waals surface area contributed by atoms with Crippen LogP contribution in [0.1, 0.15) is 43.5 Å². The van der Waals surface area contributed by atoms with Gasteiger partial charge in [0.1, 0.15) is 17.7 Å². The summed E-state index contributed by atoms with van der Waals surface area (Å²) in [6.45, 7) is 9.00. The van der Waals surface area contributed by atoms with Crippen molar-refractivity contribution in [2.75, 3.05) is 25.1 Å². The molecule has 0 saturated heterocycles. The Hall–Kier alpha value is -3.40. The van der Waals surface area contributed by atoms with Crippen LogP contribution in [0.25, 0.3) is 6.08 Å². The smallest absolute Gasteiger partial charge is 0.408 e. The molecule has 4 N–H and O–H groups in total. The van der Waals surface area contributed by atoms with Gasteiger partial charge >= 0.3 is 6.09 Å². The zero-order chi connectivity index (χ0) is 27.8. The number of aryl methyl sites for hydroxylation is 1. The number of benzene rings is 2. The molecule has 2 rings (SSSR count). The second-order valence-electron chi connectivity index (χ2n) is 9.33. The highest BCUT2D eigenvalue weighted by Crippen LogP contribution is 2.29. The highest BCUT2D eigenvalue weighted by molar-refractivity contribution is 6.34. The van der Waals surface area contributed by atoms with Gasteiger partial charge in [-0.15, -0.1) is 0 Å². The molecule has 0 saturated carbocycles. The summed E-state index contributed by atoms with van der Waals surface area (Å²) < 4.78 is 5.20. The van der Waals surface area contributed by atoms with Crippen LogP contribution < -0.4 is 10.6 Å². The minimum atomic E-state index is -1.43. The molecule has 2 unspecified atom stereocenters. The number of anilines is 1. The van der Waals surface area contributed by atoms with Crippen molar-refractivity contribution in [2.24, 2.45) is 0 Å². The molecule has 2 aromatic carbocycles. The van der Waals surface area contributed by atoms with Crippen LogP contribution in [0.2, 0.25) is 5.02 Å². The molecule has 0 radical (unpaired) electrons. The quantitative estimate of drug-likeness (QED) is 0.370. The molecule has 0 aliphatic carbocycles. The molecule has 0 heterocycles. The van der Waals surface area contributed by atoms with E-state index in [-0.39, 0.29) is 6.54 Å². The third-order valence-corrected chi connectivity index (χ3v) is 5.60. The number of alkyl carbamates (subject to hydrolysis) is 1. The SMILES string of the molecule is C=Cc1cccc(C(C(=O)Nc2c(C)cccc2Cl)N(CCO)C(=O)C(CO)NC(=O)OC(C)(C)C)c1. The molecule has 10 heteroatoms. The number of nitrogens with zero attached hydrogens (tertiary/aromatic N) is 1. The molecule has 37 heavy (non-hydrogen) atoms. The summed E-state index contributed by atoms with van der Waals surface area (Å²) in [5.74, 6) is -1.39. The van der Waals surface area contributed by atoms with Crippen LogP contribution in [0, 0.1) is 6.92 Å². The van der Waals surface area contributed by atoms with Crippen LogP contribution in [0.4, 0.5) is 10.5 Å². The van der Waals surface area contributed by atoms with Gasteiger partial charge < -0.3 is 30.5 Å². The summed E-state index contributed by atoms with van der Waals surface area (Å²) in [4.78, 5) is 40.7. The lowest BCUT2D eigenvalue weighted by molar-refractivity contribution is -0.142. The molecular weight excluding hydrogens is 498 g/mol. The molecular formula is C27H34ClN3O6. The lowest BCUT2D eigenvalue weighted by Gasteiger charge is -2.34. The highest BCUT2D eigenvalue weighted by Gasteiger charge is 2.36. The normalized spacial score (nSPS) is 12.7. The Kier molecular flexibility index (Phi) is 10.7. The number of aliphatic hydroxyl groups is 2. The number of hydrogen-bond acceptors (Lipinski definition) is 6. The van der Waals surface area contributed by atoms with E-state index in [9.17, 15) is 24.6 Å². The Morgan fingerprint density at radius 2 is 1.84 bits per heavy atom. The fraction of sp³-hybridized carbons (Fsp3) is 0.370. The van der Waals surface area contributed by atoms with Gasteiger partial charge in [0.2, 0.25) is 5.91 Å². The van der Waals surface area contributed by atoms with Crippen LogP contribution in [-0.4, -0.2) is 64.4 Å². The fourth-order valence-corrected chi connectivity index (χ4v) is 3.89. The molecule has 3 amide bonds. The molecule has 0 aromatic heterocycles. The van der Waals surface area contributed by atoms with Gasteiger partial charge in [-0.3, -0.25) is 9.59 Å². The number of carbonyl (C=O) groups is 3. The van der Waals surface area contributed by atoms with Crippen molar-refractivity contribution in [3.63, 3.8) is 0 Å². The van der Waals surface area contributed by atoms with Crippen molar-refractivity contribution < 1.29 is 29.3 Å². The van der Waals surface area contributed by atoms with Gasteiger partial charge in [0.05, 0.1) is 23.9 Å². The molecule has 0 spiro atoms. The van der Waals surface area contributed by atoms with E-state index in [1.165, 1.54) is 0 Å². The van der Waals surface area contributed by atoms with Gasteiger partial charge in [-0.2, -0.15) is 0 Å². The molecule has 0 aliphatic heterocycles. The molecule has 2 atom stereocenters. The predicted octanol–water partition coefficient (Wildman–Crippen LogP) is 3.68. The van der Waals surface area contributed by atoms with E-state index in [1.54, 1.807) is 76.2 Å². The predicted molar refractivity (Wildman–Crippen MR) is 143 cm³/mol. The van der Waals surface area contributed by atoms with Gasteiger partial charge in [-0.05, 0) is 56.5 Å². The summed E-state index contributed by atoms with van der Waals surface area (Å²) in [6.07, 6.45) is 0.681. The van der Waals surface area contributed by atoms with Gasteiger partial charge in [0.25, 0.3) is 5.91 Å². The van der Waals surface area contributed by atoms with E-state index in [2.05, 4.69) is 17.2 Å². The van der Waals surface area contributed by atoms with Crippen LogP contribution in [0.5, 0.6) is 0 Å². The maximum absolute atomic E-state index is 13.7. The summed E-state index contributed by atoms with van der Waals surface area (Å²) in [5.41, 5.74) is 1.38. The van der Waals surface area contributed by atoms with Crippen molar-refractivity contribution in [3.05, 3.63) is 70.8 Å². The summed E-state index contributed by atoms with van der Waals surface area (Å²) >= 11 is 6.32. The van der Waals surface area contributed by atoms with Crippen LogP contribution in [0.15, 0.2) is 49.0 Å². The lowest BCUT2D eigenvalue weighted by Crippen LogP contribution is -2.54. The minimum absolute atomic E-state index is 0.261. The number of amides is 3. The van der Waals surface area contributed by atoms with Crippen LogP contribution in [0.3, 0.4) is 0 Å². The largest absolute Gasteiger partial charge is 0.444 e. The molecule has 0 fully saturated rings. The number of nitrogens with one attached hydrogen (secondary N) is 2. The van der Waals surface area contributed by atoms with E-state index in [1.807, 2.05) is 0 Å². The monoisotopic (exact) mass is 531 g/mol. The van der Waals surface area contributed by atoms with Gasteiger partial charge in [-0.1, -0.05) is 54.6 Å². The molecule has 0 aliphatic rings. The number of para-hydroxylation sites is 1. The highest BCUT2D eigenvalue weighted by atomic mass is 35.5. The topological polar surface area (TPSA) is 128 Å². The standard InChI is InChI=1S/C27H34ClN3O6/c1-6-18-10-8-11-19(15-18)23(24(34)30-22-17(2)9-7-12-20(22)28)31(13-14-32)25(35)21(16-33)29-26(36)37-27(3,4)5/h6-12,15,21,23,32-33H,1,13-14,16H2,2-5H3,(H,29,36)(H,30,34). The minimum Gasteiger partial charge on any atom is -0.444 e. The molecule has 200 valence electrons. The van der Waals surface area contributed by atoms with Gasteiger partial charge in [-0.25, -0.2) is 4.79 Å². The maximum Gasteiger partial charge on any atom is 0.408 e. The van der Waals surface area contributed by atoms with Crippen molar-refractivity contribution in [2.45, 2.75) is 45.4 Å². The second kappa shape index (κ2) is 13.2. The van der Waals surface area contributed by atoms with Gasteiger partial charge in [0, 0.05) is 6.54 Å². The number of aliphatic hydroxyl groups excluding tert-OH is 2. The van der Waals surface area contributed by atoms with Crippen molar-refractivity contribution >= 4 is 41.3 Å². The van der Waals surface area contributed by atoms with E-state index in [0.29, 0.717) is 27.4 Å². The number of rotatable bonds is 10. The summed E-state index contributed by atoms with van der Waals surface area (Å²) in [5, 5.41) is 25.2. The first kappa shape index (κ1) is 29.8. The fourth-order valence-electron chi connectivity index (χ4n) is 3.62. The average Bonchev–Trinajstić information content (AvgIpc) is 2.83. The molecule has 2 aromatic rings. The Morgan fingerprint density at radius 1 is 1.16 bits per heavy atom. The zero-order valence-electron chi connectivity index (χ0n) is 21.5. The van der Waals surface area contributed by atoms with E-state index in [0.717, 1.165) is 4.90 Å². The third kappa shape index (κ3) is 8.31. The van der Waals surface area contributed by atoms with E-state index in [4.69, 9.17) is 16.3 Å². The second-order valence-corrected chi connectivity index (χ2v) is 9.74. The van der Waals surface area contributed by atoms with Crippen molar-refractivity contribution in [3.8, 4) is 0 Å². The summed E-state index contributed by atoms with van der Waals surface area (Å²) in [7, 11) is 0. The van der Waals surface area contributed by atoms with E-state index >= 15 is 0 Å². The number of ether oxygens (including phenoxy) is 1. The third-order valence-electron chi connectivity index (χ3n) is 5.29. The Balaban J connectivity index is 2.52. The average molecular weight is 532 g/mol. The van der Waals surface area contributed by atoms with E-state index < -0.39 is 48.8 Å². The number of carbonyl (C=O) groups excluding carboxylic acids is 3. The molecule has 0 bridgehead atoms. The van der Waals surface area contributed by atoms with Gasteiger partial charge in [0.15, 0.2) is 0 Å². The first-order chi connectivity index (χ1) is 17.4. The Bertz CT molecular complexity index is 1110. The van der Waals surface area contributed by atoms with Crippen molar-refractivity contribution in [1.82, 2.24) is 10.2 Å². The number of hydrogen-bond donors (Lipinski definition) is 4. The Morgan fingerprint density at radius 3 is 2.41 bits per heavy atom. The first-order valence-electron chi connectivity index (χ1n) is 11.7. The summed E-state index contributed by atoms with van der Waals surface area (Å²) in [6, 6.07) is 9.30.